The van der Waals surface area contributed by atoms with Gasteiger partial charge in [0, 0.05) is 6.04 Å². The first-order valence-corrected chi connectivity index (χ1v) is 18.5. The van der Waals surface area contributed by atoms with Gasteiger partial charge < -0.3 is 30.5 Å². The molecule has 0 aromatic heterocycles. The summed E-state index contributed by atoms with van der Waals surface area (Å²) in [5.41, 5.74) is 0.661. The first-order chi connectivity index (χ1) is 22.4. The second-order valence-corrected chi connectivity index (χ2v) is 18.2. The summed E-state index contributed by atoms with van der Waals surface area (Å²) >= 11 is 0. The van der Waals surface area contributed by atoms with Gasteiger partial charge in [-0.2, -0.15) is 0 Å². The summed E-state index contributed by atoms with van der Waals surface area (Å²) in [6, 6.07) is -0.0386. The molecule has 1 saturated heterocycles. The fraction of sp³-hybridized carbons (Fsp3) is 0.895. The minimum atomic E-state index is -1.42. The number of carbonyl (C=O) groups excluding carboxylic acids is 1. The highest BCUT2D eigenvalue weighted by molar-refractivity contribution is 5.78. The van der Waals surface area contributed by atoms with Crippen molar-refractivity contribution in [1.29, 1.82) is 0 Å². The average molecular weight is 675 g/mol. The number of aliphatic hydroxyl groups excluding tert-OH is 3. The number of carbonyl (C=O) groups is 2. The quantitative estimate of drug-likeness (QED) is 0.194. The molecule has 5 saturated carbocycles. The van der Waals surface area contributed by atoms with Crippen molar-refractivity contribution in [2.75, 3.05) is 20.3 Å². The van der Waals surface area contributed by atoms with Crippen LogP contribution in [-0.2, 0) is 19.2 Å². The molecule has 272 valence electrons. The zero-order chi connectivity index (χ0) is 35.2. The SMILES string of the molecule is C=C(C)[C@@H]1CC[C@]2(C(=O)O)CC[C@]3(C)[C@H](CC[C@@H]4[C@@]5(C)CC[C@H](NC(=O)CN(OC)[C@@H]6OC[C@@H](O)[C@H](O)[C@H]6O)C(C)(C)[C@@H]5CC[C@]43C)[C@@H]12. The summed E-state index contributed by atoms with van der Waals surface area (Å²) in [5.74, 6) is 0.950. The summed E-state index contributed by atoms with van der Waals surface area (Å²) in [5, 5.41) is 45.7. The van der Waals surface area contributed by atoms with E-state index in [0.29, 0.717) is 17.8 Å². The second kappa shape index (κ2) is 12.3. The molecule has 6 fully saturated rings. The molecule has 1 aliphatic heterocycles. The summed E-state index contributed by atoms with van der Waals surface area (Å²) in [6.07, 6.45) is 4.65. The highest BCUT2D eigenvalue weighted by atomic mass is 16.7. The third-order valence-electron chi connectivity index (χ3n) is 16.2. The fourth-order valence-corrected chi connectivity index (χ4v) is 13.5. The van der Waals surface area contributed by atoms with Crippen LogP contribution in [0.3, 0.4) is 0 Å². The van der Waals surface area contributed by atoms with Gasteiger partial charge in [0.1, 0.15) is 24.9 Å². The average Bonchev–Trinajstić information content (AvgIpc) is 3.42. The van der Waals surface area contributed by atoms with Gasteiger partial charge in [0.25, 0.3) is 0 Å². The number of nitrogens with one attached hydrogen (secondary N) is 1. The molecule has 0 bridgehead atoms. The van der Waals surface area contributed by atoms with Gasteiger partial charge in [-0.15, -0.1) is 5.06 Å². The lowest BCUT2D eigenvalue weighted by Gasteiger charge is -2.73. The predicted octanol–water partition coefficient (Wildman–Crippen LogP) is 4.52. The molecule has 10 nitrogen and oxygen atoms in total. The molecular formula is C38H62N2O8. The Morgan fingerprint density at radius 1 is 0.896 bits per heavy atom. The van der Waals surface area contributed by atoms with Crippen LogP contribution in [-0.4, -0.2) is 88.2 Å². The Morgan fingerprint density at radius 3 is 2.25 bits per heavy atom. The maximum atomic E-state index is 13.5. The fourth-order valence-electron chi connectivity index (χ4n) is 13.5. The van der Waals surface area contributed by atoms with Crippen LogP contribution in [0.5, 0.6) is 0 Å². The lowest BCUT2D eigenvalue weighted by Crippen LogP contribution is -2.68. The number of aliphatic hydroxyl groups is 3. The van der Waals surface area contributed by atoms with Gasteiger partial charge in [-0.3, -0.25) is 14.4 Å². The summed E-state index contributed by atoms with van der Waals surface area (Å²) in [4.78, 5) is 31.9. The minimum absolute atomic E-state index is 0.0386. The van der Waals surface area contributed by atoms with Gasteiger partial charge in [0.15, 0.2) is 6.23 Å². The molecule has 5 aliphatic carbocycles. The topological polar surface area (TPSA) is 149 Å². The normalized spacial score (nSPS) is 49.6. The molecule has 6 rings (SSSR count). The van der Waals surface area contributed by atoms with Crippen LogP contribution in [0.25, 0.3) is 0 Å². The zero-order valence-corrected chi connectivity index (χ0v) is 30.3. The number of hydroxylamine groups is 2. The highest BCUT2D eigenvalue weighted by Crippen LogP contribution is 2.77. The van der Waals surface area contributed by atoms with E-state index in [2.05, 4.69) is 53.4 Å². The van der Waals surface area contributed by atoms with E-state index in [1.807, 2.05) is 0 Å². The van der Waals surface area contributed by atoms with Crippen molar-refractivity contribution in [2.45, 2.75) is 136 Å². The number of ether oxygens (including phenoxy) is 1. The summed E-state index contributed by atoms with van der Waals surface area (Å²) in [6.45, 7) is 18.4. The lowest BCUT2D eigenvalue weighted by atomic mass is 9.32. The van der Waals surface area contributed by atoms with Crippen LogP contribution < -0.4 is 5.32 Å². The number of carboxylic acids is 1. The van der Waals surface area contributed by atoms with Gasteiger partial charge >= 0.3 is 5.97 Å². The van der Waals surface area contributed by atoms with Crippen LogP contribution in [0.15, 0.2) is 12.2 Å². The lowest BCUT2D eigenvalue weighted by molar-refractivity contribution is -0.303. The molecule has 5 N–H and O–H groups in total. The van der Waals surface area contributed by atoms with E-state index in [4.69, 9.17) is 9.57 Å². The van der Waals surface area contributed by atoms with E-state index in [1.54, 1.807) is 0 Å². The summed E-state index contributed by atoms with van der Waals surface area (Å²) in [7, 11) is 1.39. The van der Waals surface area contributed by atoms with Crippen LogP contribution in [0.1, 0.15) is 106 Å². The summed E-state index contributed by atoms with van der Waals surface area (Å²) < 4.78 is 5.53. The van der Waals surface area contributed by atoms with Gasteiger partial charge in [-0.25, -0.2) is 0 Å². The largest absolute Gasteiger partial charge is 0.481 e. The molecule has 0 spiro atoms. The smallest absolute Gasteiger partial charge is 0.309 e. The first kappa shape index (κ1) is 36.2. The molecule has 14 atom stereocenters. The molecule has 6 aliphatic rings. The third-order valence-corrected chi connectivity index (χ3v) is 16.2. The Hall–Kier alpha value is -1.56. The van der Waals surface area contributed by atoms with Crippen molar-refractivity contribution in [3.8, 4) is 0 Å². The predicted molar refractivity (Wildman–Crippen MR) is 180 cm³/mol. The first-order valence-electron chi connectivity index (χ1n) is 18.5. The Labute approximate surface area is 287 Å². The third kappa shape index (κ3) is 5.08. The molecule has 0 aromatic carbocycles. The Bertz CT molecular complexity index is 1290. The number of hydrogen-bond acceptors (Lipinski definition) is 8. The van der Waals surface area contributed by atoms with E-state index in [-0.39, 0.29) is 58.6 Å². The zero-order valence-electron chi connectivity index (χ0n) is 30.3. The molecule has 1 heterocycles. The van der Waals surface area contributed by atoms with E-state index in [1.165, 1.54) is 12.2 Å². The minimum Gasteiger partial charge on any atom is -0.481 e. The standard InChI is InChI=1S/C38H62N2O8/c1-21(2)22-11-16-38(33(45)46)18-17-36(6)23(29(22)38)9-10-26-35(5)14-13-27(34(3,4)25(35)12-15-37(26,36)7)39-28(42)19-40(47-8)32-31(44)30(43)24(41)20-48-32/h22-27,29-32,41,43-44H,1,9-20H2,2-8H3,(H,39,42)(H,45,46)/t22-,23+,24+,25-,26+,27-,29+,30-,31+,32+,35-,36+,37+,38-/m0/s1. The Kier molecular flexibility index (Phi) is 9.28. The van der Waals surface area contributed by atoms with Crippen LogP contribution in [0.2, 0.25) is 0 Å². The molecule has 0 unspecified atom stereocenters. The molecule has 0 radical (unpaired) electrons. The molecule has 48 heavy (non-hydrogen) atoms. The van der Waals surface area contributed by atoms with Crippen LogP contribution >= 0.6 is 0 Å². The van der Waals surface area contributed by atoms with Crippen LogP contribution in [0, 0.1) is 56.7 Å². The van der Waals surface area contributed by atoms with Crippen molar-refractivity contribution in [3.63, 3.8) is 0 Å². The van der Waals surface area contributed by atoms with Crippen LogP contribution in [0.4, 0.5) is 0 Å². The number of aliphatic carboxylic acids is 1. The number of fused-ring (bicyclic) bond motifs is 7. The van der Waals surface area contributed by atoms with E-state index < -0.39 is 35.9 Å². The molecular weight excluding hydrogens is 612 g/mol. The molecule has 10 heteroatoms. The molecule has 0 aromatic rings. The van der Waals surface area contributed by atoms with Gasteiger partial charge in [-0.05, 0) is 122 Å². The number of hydrogen-bond donors (Lipinski definition) is 5. The van der Waals surface area contributed by atoms with E-state index in [9.17, 15) is 30.0 Å². The number of allylic oxidation sites excluding steroid dienone is 1. The van der Waals surface area contributed by atoms with Gasteiger partial charge in [0.2, 0.25) is 5.91 Å². The van der Waals surface area contributed by atoms with Crippen molar-refractivity contribution in [3.05, 3.63) is 12.2 Å². The number of carboxylic acid groups (broad SMARTS) is 1. The molecule has 1 amide bonds. The monoisotopic (exact) mass is 674 g/mol. The Morgan fingerprint density at radius 2 is 1.60 bits per heavy atom. The van der Waals surface area contributed by atoms with Crippen molar-refractivity contribution >= 4 is 11.9 Å². The number of nitrogens with zero attached hydrogens (tertiary/aromatic N) is 1. The van der Waals surface area contributed by atoms with Crippen molar-refractivity contribution in [2.24, 2.45) is 56.7 Å². The second-order valence-electron chi connectivity index (χ2n) is 18.2. The number of amides is 1. The Balaban J connectivity index is 1.20. The van der Waals surface area contributed by atoms with Gasteiger partial charge in [-0.1, -0.05) is 46.8 Å². The van der Waals surface area contributed by atoms with E-state index in [0.717, 1.165) is 69.8 Å². The van der Waals surface area contributed by atoms with Crippen molar-refractivity contribution < 1.29 is 39.6 Å². The highest BCUT2D eigenvalue weighted by Gasteiger charge is 2.72. The van der Waals surface area contributed by atoms with E-state index >= 15 is 0 Å². The maximum Gasteiger partial charge on any atom is 0.309 e. The maximum absolute atomic E-state index is 13.5. The van der Waals surface area contributed by atoms with Crippen molar-refractivity contribution in [1.82, 2.24) is 10.4 Å². The van der Waals surface area contributed by atoms with Gasteiger partial charge in [0.05, 0.1) is 19.1 Å². The number of rotatable bonds is 7.